The minimum absolute atomic E-state index is 0.191. The SMILES string of the molecule is CCOc1c(OC)cccc1[C@@H]1Nc2ccccc2NC2=C1C(=O)[C@@H](C(=O)OC)[C@@H](C)C2. The van der Waals surface area contributed by atoms with Crippen LogP contribution in [0.15, 0.2) is 53.7 Å². The lowest BCUT2D eigenvalue weighted by molar-refractivity contribution is -0.151. The van der Waals surface area contributed by atoms with Crippen LogP contribution in [0.25, 0.3) is 0 Å². The number of ketones is 1. The molecule has 1 aliphatic heterocycles. The second-order valence-electron chi connectivity index (χ2n) is 8.00. The van der Waals surface area contributed by atoms with E-state index in [0.29, 0.717) is 30.1 Å². The zero-order valence-electron chi connectivity index (χ0n) is 18.7. The van der Waals surface area contributed by atoms with Gasteiger partial charge in [-0.3, -0.25) is 9.59 Å². The van der Waals surface area contributed by atoms with E-state index in [1.165, 1.54) is 7.11 Å². The Morgan fingerprint density at radius 3 is 2.53 bits per heavy atom. The fraction of sp³-hybridized carbons (Fsp3) is 0.360. The van der Waals surface area contributed by atoms with Gasteiger partial charge < -0.3 is 24.8 Å². The van der Waals surface area contributed by atoms with Gasteiger partial charge in [-0.1, -0.05) is 31.2 Å². The topological polar surface area (TPSA) is 85.9 Å². The highest BCUT2D eigenvalue weighted by Gasteiger charge is 2.45. The number of benzene rings is 2. The van der Waals surface area contributed by atoms with Gasteiger partial charge in [-0.15, -0.1) is 0 Å². The number of allylic oxidation sites excluding steroid dienone is 1. The molecule has 0 unspecified atom stereocenters. The van der Waals surface area contributed by atoms with Crippen LogP contribution in [0.5, 0.6) is 11.5 Å². The first-order valence-electron chi connectivity index (χ1n) is 10.8. The Balaban J connectivity index is 1.93. The molecule has 0 bridgehead atoms. The number of carbonyl (C=O) groups excluding carboxylic acids is 2. The van der Waals surface area contributed by atoms with Gasteiger partial charge in [0.1, 0.15) is 5.92 Å². The van der Waals surface area contributed by atoms with Crippen LogP contribution in [-0.2, 0) is 14.3 Å². The lowest BCUT2D eigenvalue weighted by Crippen LogP contribution is -2.39. The predicted octanol–water partition coefficient (Wildman–Crippen LogP) is 4.32. The summed E-state index contributed by atoms with van der Waals surface area (Å²) in [5.74, 6) is -0.642. The smallest absolute Gasteiger partial charge is 0.316 e. The monoisotopic (exact) mass is 436 g/mol. The minimum Gasteiger partial charge on any atom is -0.493 e. The molecule has 7 nitrogen and oxygen atoms in total. The van der Waals surface area contributed by atoms with E-state index in [2.05, 4.69) is 10.6 Å². The van der Waals surface area contributed by atoms with Crippen molar-refractivity contribution in [3.8, 4) is 11.5 Å². The first-order chi connectivity index (χ1) is 15.5. The number of ether oxygens (including phenoxy) is 3. The fourth-order valence-corrected chi connectivity index (χ4v) is 4.59. The standard InChI is InChI=1S/C25H28N2O5/c1-5-32-24-15(9-8-12-19(24)30-3)22-21-18(26-16-10-6-7-11-17(16)27-22)13-14(2)20(23(21)28)25(29)31-4/h6-12,14,20,22,26-27H,5,13H2,1-4H3/t14-,20-,22-/m0/s1. The number of methoxy groups -OCH3 is 2. The van der Waals surface area contributed by atoms with Crippen LogP contribution in [0.3, 0.4) is 0 Å². The molecule has 0 aromatic heterocycles. The Hall–Kier alpha value is -3.48. The largest absolute Gasteiger partial charge is 0.493 e. The number of para-hydroxylation sites is 3. The molecule has 0 saturated carbocycles. The van der Waals surface area contributed by atoms with Crippen LogP contribution in [0.4, 0.5) is 11.4 Å². The molecule has 1 aliphatic carbocycles. The molecular formula is C25H28N2O5. The second-order valence-corrected chi connectivity index (χ2v) is 8.00. The first-order valence-corrected chi connectivity index (χ1v) is 10.8. The van der Waals surface area contributed by atoms with Crippen molar-refractivity contribution in [2.24, 2.45) is 11.8 Å². The Morgan fingerprint density at radius 1 is 1.09 bits per heavy atom. The number of rotatable bonds is 5. The van der Waals surface area contributed by atoms with Crippen molar-refractivity contribution >= 4 is 23.1 Å². The van der Waals surface area contributed by atoms with Crippen LogP contribution in [-0.4, -0.2) is 32.6 Å². The third-order valence-corrected chi connectivity index (χ3v) is 6.05. The number of nitrogens with one attached hydrogen (secondary N) is 2. The van der Waals surface area contributed by atoms with Crippen LogP contribution in [0.1, 0.15) is 31.9 Å². The Kier molecular flexibility index (Phi) is 6.08. The molecule has 2 aromatic carbocycles. The Morgan fingerprint density at radius 2 is 1.84 bits per heavy atom. The number of fused-ring (bicyclic) bond motifs is 1. The van der Waals surface area contributed by atoms with Gasteiger partial charge in [0.15, 0.2) is 17.3 Å². The maximum Gasteiger partial charge on any atom is 0.316 e. The molecule has 4 rings (SSSR count). The lowest BCUT2D eigenvalue weighted by Gasteiger charge is -2.33. The highest BCUT2D eigenvalue weighted by molar-refractivity contribution is 6.11. The Labute approximate surface area is 187 Å². The van der Waals surface area contributed by atoms with Crippen LogP contribution in [0.2, 0.25) is 0 Å². The number of hydrogen-bond donors (Lipinski definition) is 2. The lowest BCUT2D eigenvalue weighted by atomic mass is 9.74. The summed E-state index contributed by atoms with van der Waals surface area (Å²) in [5, 5.41) is 6.97. The number of carbonyl (C=O) groups is 2. The molecule has 32 heavy (non-hydrogen) atoms. The Bertz CT molecular complexity index is 1080. The van der Waals surface area contributed by atoms with E-state index < -0.39 is 17.9 Å². The zero-order valence-corrected chi connectivity index (χ0v) is 18.7. The summed E-state index contributed by atoms with van der Waals surface area (Å²) in [5.41, 5.74) is 3.81. The number of hydrogen-bond acceptors (Lipinski definition) is 7. The summed E-state index contributed by atoms with van der Waals surface area (Å²) in [6.07, 6.45) is 0.543. The molecule has 1 heterocycles. The van der Waals surface area contributed by atoms with E-state index in [1.807, 2.05) is 56.3 Å². The van der Waals surface area contributed by atoms with Gasteiger partial charge in [0.25, 0.3) is 0 Å². The van der Waals surface area contributed by atoms with Gasteiger partial charge in [-0.25, -0.2) is 0 Å². The minimum atomic E-state index is -0.854. The molecule has 7 heteroatoms. The van der Waals surface area contributed by atoms with Crippen molar-refractivity contribution in [2.75, 3.05) is 31.5 Å². The summed E-state index contributed by atoms with van der Waals surface area (Å²) in [4.78, 5) is 26.3. The van der Waals surface area contributed by atoms with Crippen molar-refractivity contribution in [3.05, 3.63) is 59.3 Å². The van der Waals surface area contributed by atoms with Crippen molar-refractivity contribution in [3.63, 3.8) is 0 Å². The van der Waals surface area contributed by atoms with E-state index in [1.54, 1.807) is 7.11 Å². The van der Waals surface area contributed by atoms with Gasteiger partial charge in [0.05, 0.1) is 38.2 Å². The van der Waals surface area contributed by atoms with Crippen molar-refractivity contribution < 1.29 is 23.8 Å². The summed E-state index contributed by atoms with van der Waals surface area (Å²) < 4.78 is 16.5. The first kappa shape index (κ1) is 21.7. The van der Waals surface area contributed by atoms with Crippen LogP contribution < -0.4 is 20.1 Å². The molecule has 0 saturated heterocycles. The zero-order chi connectivity index (χ0) is 22.8. The number of Topliss-reactive ketones (excluding diaryl/α,β-unsaturated/α-hetero) is 1. The number of anilines is 2. The quantitative estimate of drug-likeness (QED) is 0.533. The molecule has 2 aromatic rings. The molecule has 0 spiro atoms. The van der Waals surface area contributed by atoms with Crippen molar-refractivity contribution in [1.29, 1.82) is 0 Å². The molecule has 168 valence electrons. The summed E-state index contributed by atoms with van der Waals surface area (Å²) in [7, 11) is 2.91. The predicted molar refractivity (Wildman–Crippen MR) is 122 cm³/mol. The van der Waals surface area contributed by atoms with Crippen LogP contribution >= 0.6 is 0 Å². The van der Waals surface area contributed by atoms with E-state index in [9.17, 15) is 9.59 Å². The van der Waals surface area contributed by atoms with Crippen LogP contribution in [0, 0.1) is 11.8 Å². The molecule has 2 N–H and O–H groups in total. The molecule has 0 amide bonds. The maximum atomic E-state index is 13.8. The summed E-state index contributed by atoms with van der Waals surface area (Å²) >= 11 is 0. The third-order valence-electron chi connectivity index (χ3n) is 6.05. The van der Waals surface area contributed by atoms with Crippen molar-refractivity contribution in [2.45, 2.75) is 26.3 Å². The fourth-order valence-electron chi connectivity index (χ4n) is 4.59. The molecule has 2 aliphatic rings. The average Bonchev–Trinajstić information content (AvgIpc) is 2.95. The summed E-state index contributed by atoms with van der Waals surface area (Å²) in [6.45, 7) is 4.25. The van der Waals surface area contributed by atoms with Gasteiger partial charge in [0, 0.05) is 16.8 Å². The van der Waals surface area contributed by atoms with Gasteiger partial charge in [0.2, 0.25) is 0 Å². The van der Waals surface area contributed by atoms with Gasteiger partial charge in [-0.2, -0.15) is 0 Å². The average molecular weight is 437 g/mol. The highest BCUT2D eigenvalue weighted by Crippen LogP contribution is 2.47. The molecular weight excluding hydrogens is 408 g/mol. The summed E-state index contributed by atoms with van der Waals surface area (Å²) in [6, 6.07) is 12.9. The molecule has 0 radical (unpaired) electrons. The van der Waals surface area contributed by atoms with E-state index in [4.69, 9.17) is 14.2 Å². The van der Waals surface area contributed by atoms with E-state index >= 15 is 0 Å². The molecule has 0 fully saturated rings. The van der Waals surface area contributed by atoms with E-state index in [-0.39, 0.29) is 11.7 Å². The maximum absolute atomic E-state index is 13.8. The second kappa shape index (κ2) is 8.94. The normalized spacial score (nSPS) is 22.0. The van der Waals surface area contributed by atoms with E-state index in [0.717, 1.165) is 22.6 Å². The number of esters is 1. The van der Waals surface area contributed by atoms with Crippen molar-refractivity contribution in [1.82, 2.24) is 0 Å². The highest BCUT2D eigenvalue weighted by atomic mass is 16.5. The van der Waals surface area contributed by atoms with Gasteiger partial charge in [-0.05, 0) is 37.5 Å². The third kappa shape index (κ3) is 3.68. The van der Waals surface area contributed by atoms with Gasteiger partial charge >= 0.3 is 5.97 Å². The molecule has 3 atom stereocenters.